The molecular weight excluding hydrogens is 556 g/mol. The van der Waals surface area contributed by atoms with E-state index in [4.69, 9.17) is 15.5 Å². The van der Waals surface area contributed by atoms with E-state index in [-0.39, 0.29) is 22.6 Å². The number of aryl methyl sites for hydroxylation is 1. The van der Waals surface area contributed by atoms with Gasteiger partial charge in [-0.05, 0) is 63.8 Å². The average molecular weight is 590 g/mol. The van der Waals surface area contributed by atoms with Crippen LogP contribution in [0, 0.1) is 12.8 Å². The zero-order valence-corrected chi connectivity index (χ0v) is 24.3. The van der Waals surface area contributed by atoms with Crippen LogP contribution in [0.1, 0.15) is 42.7 Å². The fourth-order valence-electron chi connectivity index (χ4n) is 4.80. The molecule has 11 nitrogen and oxygen atoms in total. The average Bonchev–Trinajstić information content (AvgIpc) is 3.55. The normalized spacial score (nSPS) is 14.3. The minimum Gasteiger partial charge on any atom is -0.482 e. The Bertz CT molecular complexity index is 1750. The van der Waals surface area contributed by atoms with Gasteiger partial charge in [0.25, 0.3) is 5.91 Å². The Kier molecular flexibility index (Phi) is 7.18. The lowest BCUT2D eigenvalue weighted by Gasteiger charge is -2.20. The van der Waals surface area contributed by atoms with Gasteiger partial charge in [0.05, 0.1) is 24.8 Å². The molecule has 1 amide bonds. The van der Waals surface area contributed by atoms with Crippen LogP contribution in [0.4, 0.5) is 14.6 Å². The number of amides is 1. The maximum Gasteiger partial charge on any atom is 0.329 e. The predicted molar refractivity (Wildman–Crippen MR) is 152 cm³/mol. The zero-order chi connectivity index (χ0) is 29.9. The fourth-order valence-corrected chi connectivity index (χ4v) is 5.54. The molecule has 14 heteroatoms. The highest BCUT2D eigenvalue weighted by atomic mass is 32.2. The fraction of sp³-hybridized carbons (Fsp3) is 0.444. The first-order valence-corrected chi connectivity index (χ1v) is 14.9. The van der Waals surface area contributed by atoms with Crippen LogP contribution >= 0.6 is 0 Å². The molecular formula is C27H33F2N7O4S. The van der Waals surface area contributed by atoms with Crippen molar-refractivity contribution < 1.29 is 26.7 Å². The van der Waals surface area contributed by atoms with Crippen LogP contribution in [0.2, 0.25) is 0 Å². The van der Waals surface area contributed by atoms with Gasteiger partial charge >= 0.3 is 6.55 Å². The molecule has 0 unspecified atom stereocenters. The Morgan fingerprint density at radius 2 is 1.95 bits per heavy atom. The van der Waals surface area contributed by atoms with Gasteiger partial charge in [-0.3, -0.25) is 9.20 Å². The summed E-state index contributed by atoms with van der Waals surface area (Å²) in [6.45, 7) is 3.05. The van der Waals surface area contributed by atoms with E-state index >= 15 is 0 Å². The summed E-state index contributed by atoms with van der Waals surface area (Å²) in [4.78, 5) is 22.1. The number of halogens is 2. The van der Waals surface area contributed by atoms with Gasteiger partial charge in [0.2, 0.25) is 10.0 Å². The number of imidazole rings is 1. The zero-order valence-electron chi connectivity index (χ0n) is 23.5. The summed E-state index contributed by atoms with van der Waals surface area (Å²) in [6.07, 6.45) is 2.75. The topological polar surface area (TPSA) is 137 Å². The lowest BCUT2D eigenvalue weighted by atomic mass is 10.1. The number of carbonyl (C=O) groups is 1. The van der Waals surface area contributed by atoms with Crippen molar-refractivity contribution in [1.82, 2.24) is 24.3 Å². The molecule has 0 aliphatic heterocycles. The van der Waals surface area contributed by atoms with Crippen molar-refractivity contribution in [1.29, 1.82) is 0 Å². The van der Waals surface area contributed by atoms with Crippen molar-refractivity contribution in [3.63, 3.8) is 0 Å². The van der Waals surface area contributed by atoms with Gasteiger partial charge in [-0.1, -0.05) is 0 Å². The van der Waals surface area contributed by atoms with Crippen molar-refractivity contribution in [3.8, 4) is 17.3 Å². The number of sulfonamides is 1. The van der Waals surface area contributed by atoms with E-state index in [1.54, 1.807) is 22.6 Å². The standard InChI is InChI=1S/C27H33F2N7O4S/c1-15-23(32-21-11-18(12-22(40-4)35(15)21)25(37)31-14-27(2,3)30)19-10-17-8-9-20(36(26(28)29)41(5,38)39)33-24(17)34(19)13-16-6-7-16/h8-12,16,26H,6-7,13-14,30H2,1-5H3,(H,31,37). The Morgan fingerprint density at radius 3 is 2.54 bits per heavy atom. The number of hydrogen-bond donors (Lipinski definition) is 2. The lowest BCUT2D eigenvalue weighted by molar-refractivity contribution is 0.0945. The van der Waals surface area contributed by atoms with Gasteiger partial charge in [0, 0.05) is 35.6 Å². The summed E-state index contributed by atoms with van der Waals surface area (Å²) in [5.41, 5.74) is 8.66. The van der Waals surface area contributed by atoms with E-state index in [0.717, 1.165) is 24.8 Å². The third kappa shape index (κ3) is 5.71. The third-order valence-electron chi connectivity index (χ3n) is 6.96. The van der Waals surface area contributed by atoms with Crippen LogP contribution in [0.3, 0.4) is 0 Å². The number of hydrogen-bond acceptors (Lipinski definition) is 7. The number of pyridine rings is 2. The SMILES string of the molecule is COc1cc(C(=O)NCC(C)(C)N)cc2nc(-c3cc4ccc(N(C(F)F)S(C)(=O)=O)nc4n3CC3CC3)c(C)n12. The number of alkyl halides is 2. The molecule has 0 spiro atoms. The van der Waals surface area contributed by atoms with Gasteiger partial charge in [0.1, 0.15) is 22.8 Å². The highest BCUT2D eigenvalue weighted by Crippen LogP contribution is 2.38. The molecule has 41 heavy (non-hydrogen) atoms. The Morgan fingerprint density at radius 1 is 1.24 bits per heavy atom. The third-order valence-corrected chi connectivity index (χ3v) is 8.02. The molecule has 4 aromatic heterocycles. The molecule has 4 heterocycles. The maximum atomic E-state index is 13.8. The van der Waals surface area contributed by atoms with Crippen molar-refractivity contribution >= 4 is 38.4 Å². The van der Waals surface area contributed by atoms with Crippen molar-refractivity contribution in [3.05, 3.63) is 41.6 Å². The van der Waals surface area contributed by atoms with Gasteiger partial charge in [-0.25, -0.2) is 18.4 Å². The van der Waals surface area contributed by atoms with Crippen molar-refractivity contribution in [2.75, 3.05) is 24.2 Å². The van der Waals surface area contributed by atoms with Gasteiger partial charge in [-0.15, -0.1) is 0 Å². The summed E-state index contributed by atoms with van der Waals surface area (Å²) in [5.74, 6) is 0.105. The monoisotopic (exact) mass is 589 g/mol. The smallest absolute Gasteiger partial charge is 0.329 e. The number of fused-ring (bicyclic) bond motifs is 2. The molecule has 1 aliphatic carbocycles. The predicted octanol–water partition coefficient (Wildman–Crippen LogP) is 3.53. The van der Waals surface area contributed by atoms with E-state index in [1.807, 2.05) is 31.4 Å². The van der Waals surface area contributed by atoms with Gasteiger partial charge in [-0.2, -0.15) is 13.1 Å². The number of methoxy groups -OCH3 is 1. The maximum absolute atomic E-state index is 13.8. The molecule has 4 aromatic rings. The largest absolute Gasteiger partial charge is 0.482 e. The molecule has 0 radical (unpaired) electrons. The number of carbonyl (C=O) groups excluding carboxylic acids is 1. The minimum absolute atomic E-state index is 0.0139. The Balaban J connectivity index is 1.65. The van der Waals surface area contributed by atoms with Crippen LogP contribution in [0.25, 0.3) is 28.1 Å². The quantitative estimate of drug-likeness (QED) is 0.270. The minimum atomic E-state index is -4.27. The number of aromatic nitrogens is 4. The van der Waals surface area contributed by atoms with Gasteiger partial charge in [0.15, 0.2) is 5.88 Å². The highest BCUT2D eigenvalue weighted by Gasteiger charge is 2.30. The van der Waals surface area contributed by atoms with Crippen LogP contribution < -0.4 is 20.1 Å². The Hall–Kier alpha value is -3.78. The van der Waals surface area contributed by atoms with Crippen molar-refractivity contribution in [2.24, 2.45) is 11.7 Å². The van der Waals surface area contributed by atoms with E-state index < -0.39 is 22.1 Å². The van der Waals surface area contributed by atoms with Crippen LogP contribution in [-0.2, 0) is 16.6 Å². The number of anilines is 1. The van der Waals surface area contributed by atoms with Crippen LogP contribution in [0.15, 0.2) is 30.3 Å². The first-order valence-electron chi connectivity index (χ1n) is 13.1. The molecule has 3 N–H and O–H groups in total. The number of ether oxygens (including phenoxy) is 1. The first kappa shape index (κ1) is 28.7. The molecule has 0 atom stereocenters. The summed E-state index contributed by atoms with van der Waals surface area (Å²) >= 11 is 0. The molecule has 5 rings (SSSR count). The molecule has 220 valence electrons. The number of nitrogens with one attached hydrogen (secondary N) is 1. The molecule has 1 saturated carbocycles. The van der Waals surface area contributed by atoms with Crippen molar-refractivity contribution in [2.45, 2.75) is 52.2 Å². The lowest BCUT2D eigenvalue weighted by Crippen LogP contribution is -2.45. The van der Waals surface area contributed by atoms with Gasteiger partial charge < -0.3 is 20.4 Å². The second-order valence-electron chi connectivity index (χ2n) is 11.2. The summed E-state index contributed by atoms with van der Waals surface area (Å²) in [6, 6.07) is 8.00. The summed E-state index contributed by atoms with van der Waals surface area (Å²) in [5, 5.41) is 3.48. The summed E-state index contributed by atoms with van der Waals surface area (Å²) < 4.78 is 61.1. The molecule has 1 aliphatic rings. The molecule has 0 saturated heterocycles. The number of nitrogens with zero attached hydrogens (tertiary/aromatic N) is 5. The molecule has 1 fully saturated rings. The van der Waals surface area contributed by atoms with E-state index in [1.165, 1.54) is 13.2 Å². The van der Waals surface area contributed by atoms with Crippen LogP contribution in [-0.4, -0.2) is 65.3 Å². The molecule has 0 aromatic carbocycles. The van der Waals surface area contributed by atoms with Crippen LogP contribution in [0.5, 0.6) is 5.88 Å². The first-order chi connectivity index (χ1) is 19.2. The van der Waals surface area contributed by atoms with E-state index in [2.05, 4.69) is 10.3 Å². The highest BCUT2D eigenvalue weighted by molar-refractivity contribution is 7.92. The van der Waals surface area contributed by atoms with E-state index in [0.29, 0.717) is 52.0 Å². The number of nitrogens with two attached hydrogens (primary N) is 1. The second kappa shape index (κ2) is 10.2. The Labute approximate surface area is 236 Å². The second-order valence-corrected chi connectivity index (χ2v) is 13.1. The number of rotatable bonds is 10. The molecule has 0 bridgehead atoms. The van der Waals surface area contributed by atoms with E-state index in [9.17, 15) is 22.0 Å². The summed E-state index contributed by atoms with van der Waals surface area (Å²) in [7, 11) is -2.76.